The van der Waals surface area contributed by atoms with Gasteiger partial charge < -0.3 is 10.2 Å². The third-order valence-electron chi connectivity index (χ3n) is 3.40. The minimum absolute atomic E-state index is 0.0535. The monoisotopic (exact) mass is 300 g/mol. The van der Waals surface area contributed by atoms with Crippen molar-refractivity contribution in [2.45, 2.75) is 19.4 Å². The van der Waals surface area contributed by atoms with Gasteiger partial charge in [-0.05, 0) is 25.5 Å². The first-order chi connectivity index (χ1) is 9.39. The molecule has 0 aromatic heterocycles. The molecular formula is C13H17FN2O3S. The summed E-state index contributed by atoms with van der Waals surface area (Å²) < 4.78 is 36.6. The maximum atomic E-state index is 13.5. The Morgan fingerprint density at radius 1 is 1.35 bits per heavy atom. The van der Waals surface area contributed by atoms with E-state index >= 15 is 0 Å². The number of carbonyl (C=O) groups excluding carboxylic acids is 1. The van der Waals surface area contributed by atoms with Gasteiger partial charge in [0.1, 0.15) is 5.82 Å². The van der Waals surface area contributed by atoms with E-state index in [2.05, 4.69) is 5.32 Å². The Hall–Kier alpha value is -1.63. The Morgan fingerprint density at radius 3 is 2.75 bits per heavy atom. The largest absolute Gasteiger partial charge is 0.322 e. The highest BCUT2D eigenvalue weighted by Gasteiger charge is 2.28. The van der Waals surface area contributed by atoms with Crippen LogP contribution in [0.4, 0.5) is 14.9 Å². The summed E-state index contributed by atoms with van der Waals surface area (Å²) in [5, 5.41) is 2.48. The van der Waals surface area contributed by atoms with Crippen LogP contribution in [0.3, 0.4) is 0 Å². The lowest BCUT2D eigenvalue weighted by atomic mass is 10.2. The first-order valence-corrected chi connectivity index (χ1v) is 8.24. The standard InChI is InChI=1S/C13H17FN2O3S/c1-10-6-8-20(18,19)9-7-16(10)13(17)15-12-5-3-2-4-11(12)14/h2-5,10H,6-9H2,1H3,(H,15,17)/t10-/m1/s1. The number of hydrogen-bond donors (Lipinski definition) is 1. The van der Waals surface area contributed by atoms with Crippen LogP contribution < -0.4 is 5.32 Å². The van der Waals surface area contributed by atoms with E-state index in [0.29, 0.717) is 6.42 Å². The number of halogens is 1. The molecule has 2 rings (SSSR count). The number of benzene rings is 1. The second-order valence-corrected chi connectivity index (χ2v) is 7.20. The Balaban J connectivity index is 2.10. The fraction of sp³-hybridized carbons (Fsp3) is 0.462. The Kier molecular flexibility index (Phi) is 4.27. The van der Waals surface area contributed by atoms with Crippen molar-refractivity contribution in [1.82, 2.24) is 4.90 Å². The summed E-state index contributed by atoms with van der Waals surface area (Å²) in [6.45, 7) is 1.92. The van der Waals surface area contributed by atoms with E-state index in [1.807, 2.05) is 0 Å². The molecule has 5 nitrogen and oxygen atoms in total. The number of rotatable bonds is 1. The molecule has 0 aliphatic carbocycles. The normalized spacial score (nSPS) is 22.1. The zero-order chi connectivity index (χ0) is 14.8. The number of para-hydroxylation sites is 1. The second kappa shape index (κ2) is 5.78. The maximum absolute atomic E-state index is 13.5. The number of nitrogens with zero attached hydrogens (tertiary/aromatic N) is 1. The maximum Gasteiger partial charge on any atom is 0.322 e. The van der Waals surface area contributed by atoms with Crippen molar-refractivity contribution < 1.29 is 17.6 Å². The van der Waals surface area contributed by atoms with Crippen molar-refractivity contribution in [3.63, 3.8) is 0 Å². The van der Waals surface area contributed by atoms with E-state index in [0.717, 1.165) is 0 Å². The minimum Gasteiger partial charge on any atom is -0.321 e. The molecule has 0 bridgehead atoms. The molecule has 0 radical (unpaired) electrons. The highest BCUT2D eigenvalue weighted by Crippen LogP contribution is 2.17. The molecular weight excluding hydrogens is 283 g/mol. The summed E-state index contributed by atoms with van der Waals surface area (Å²) in [5.41, 5.74) is 0.0943. The van der Waals surface area contributed by atoms with Gasteiger partial charge in [0.05, 0.1) is 17.2 Å². The highest BCUT2D eigenvalue weighted by atomic mass is 32.2. The summed E-state index contributed by atoms with van der Waals surface area (Å²) in [6.07, 6.45) is 0.396. The van der Waals surface area contributed by atoms with Gasteiger partial charge in [-0.3, -0.25) is 0 Å². The average Bonchev–Trinajstić information content (AvgIpc) is 2.52. The van der Waals surface area contributed by atoms with Crippen LogP contribution in [-0.2, 0) is 9.84 Å². The molecule has 1 aliphatic rings. The molecule has 20 heavy (non-hydrogen) atoms. The lowest BCUT2D eigenvalue weighted by Gasteiger charge is -2.26. The quantitative estimate of drug-likeness (QED) is 0.861. The third kappa shape index (κ3) is 3.47. The van der Waals surface area contributed by atoms with E-state index in [1.165, 1.54) is 23.1 Å². The van der Waals surface area contributed by atoms with Crippen molar-refractivity contribution >= 4 is 21.6 Å². The third-order valence-corrected chi connectivity index (χ3v) is 5.06. The molecule has 1 N–H and O–H groups in total. The number of hydrogen-bond acceptors (Lipinski definition) is 3. The van der Waals surface area contributed by atoms with Crippen LogP contribution in [0, 0.1) is 5.82 Å². The van der Waals surface area contributed by atoms with Gasteiger partial charge in [-0.15, -0.1) is 0 Å². The fourth-order valence-electron chi connectivity index (χ4n) is 2.12. The lowest BCUT2D eigenvalue weighted by molar-refractivity contribution is 0.197. The van der Waals surface area contributed by atoms with Crippen LogP contribution in [0.15, 0.2) is 24.3 Å². The molecule has 7 heteroatoms. The van der Waals surface area contributed by atoms with Crippen LogP contribution in [-0.4, -0.2) is 43.4 Å². The molecule has 0 spiro atoms. The van der Waals surface area contributed by atoms with E-state index < -0.39 is 21.7 Å². The van der Waals surface area contributed by atoms with E-state index in [-0.39, 0.29) is 29.8 Å². The van der Waals surface area contributed by atoms with E-state index in [9.17, 15) is 17.6 Å². The molecule has 1 aliphatic heterocycles. The van der Waals surface area contributed by atoms with Crippen LogP contribution in [0.25, 0.3) is 0 Å². The number of carbonyl (C=O) groups is 1. The summed E-state index contributed by atoms with van der Waals surface area (Å²) in [4.78, 5) is 13.6. The predicted octanol–water partition coefficient (Wildman–Crippen LogP) is 1.87. The SMILES string of the molecule is C[C@@H]1CCS(=O)(=O)CCN1C(=O)Nc1ccccc1F. The van der Waals surface area contributed by atoms with Crippen molar-refractivity contribution in [3.8, 4) is 0 Å². The molecule has 1 saturated heterocycles. The molecule has 0 unspecified atom stereocenters. The average molecular weight is 300 g/mol. The first kappa shape index (κ1) is 14.8. The number of urea groups is 1. The number of amides is 2. The van der Waals surface area contributed by atoms with Crippen LogP contribution in [0.5, 0.6) is 0 Å². The van der Waals surface area contributed by atoms with Crippen molar-refractivity contribution in [2.24, 2.45) is 0 Å². The summed E-state index contributed by atoms with van der Waals surface area (Å²) in [6, 6.07) is 5.21. The topological polar surface area (TPSA) is 66.5 Å². The molecule has 110 valence electrons. The van der Waals surface area contributed by atoms with Gasteiger partial charge in [-0.25, -0.2) is 17.6 Å². The van der Waals surface area contributed by atoms with Crippen LogP contribution in [0.1, 0.15) is 13.3 Å². The molecule has 1 aromatic carbocycles. The fourth-order valence-corrected chi connectivity index (χ4v) is 3.50. The predicted molar refractivity (Wildman–Crippen MR) is 74.9 cm³/mol. The van der Waals surface area contributed by atoms with Crippen LogP contribution in [0.2, 0.25) is 0 Å². The van der Waals surface area contributed by atoms with E-state index in [1.54, 1.807) is 13.0 Å². The first-order valence-electron chi connectivity index (χ1n) is 6.41. The number of nitrogens with one attached hydrogen (secondary N) is 1. The Morgan fingerprint density at radius 2 is 2.05 bits per heavy atom. The van der Waals surface area contributed by atoms with Gasteiger partial charge in [0, 0.05) is 12.6 Å². The molecule has 1 heterocycles. The second-order valence-electron chi connectivity index (χ2n) is 4.89. The molecule has 1 aromatic rings. The number of anilines is 1. The number of sulfone groups is 1. The Bertz CT molecular complexity index is 603. The van der Waals surface area contributed by atoms with Gasteiger partial charge in [0.2, 0.25) is 0 Å². The summed E-state index contributed by atoms with van der Waals surface area (Å²) in [7, 11) is -3.10. The minimum atomic E-state index is -3.10. The molecule has 1 atom stereocenters. The highest BCUT2D eigenvalue weighted by molar-refractivity contribution is 7.91. The van der Waals surface area contributed by atoms with Crippen molar-refractivity contribution in [1.29, 1.82) is 0 Å². The van der Waals surface area contributed by atoms with Gasteiger partial charge in [0.25, 0.3) is 0 Å². The smallest absolute Gasteiger partial charge is 0.321 e. The molecule has 2 amide bonds. The van der Waals surface area contributed by atoms with Gasteiger partial charge >= 0.3 is 6.03 Å². The lowest BCUT2D eigenvalue weighted by Crippen LogP contribution is -2.42. The van der Waals surface area contributed by atoms with Gasteiger partial charge in [0.15, 0.2) is 9.84 Å². The van der Waals surface area contributed by atoms with E-state index in [4.69, 9.17) is 0 Å². The summed E-state index contributed by atoms with van der Waals surface area (Å²) >= 11 is 0. The summed E-state index contributed by atoms with van der Waals surface area (Å²) in [5.74, 6) is -0.490. The van der Waals surface area contributed by atoms with Crippen molar-refractivity contribution in [3.05, 3.63) is 30.1 Å². The van der Waals surface area contributed by atoms with Crippen LogP contribution >= 0.6 is 0 Å². The van der Waals surface area contributed by atoms with Crippen molar-refractivity contribution in [2.75, 3.05) is 23.4 Å². The van der Waals surface area contributed by atoms with Gasteiger partial charge in [-0.2, -0.15) is 0 Å². The molecule has 0 saturated carbocycles. The Labute approximate surface area is 117 Å². The zero-order valence-corrected chi connectivity index (χ0v) is 12.0. The van der Waals surface area contributed by atoms with Gasteiger partial charge in [-0.1, -0.05) is 12.1 Å². The molecule has 1 fully saturated rings. The zero-order valence-electron chi connectivity index (χ0n) is 11.2.